The van der Waals surface area contributed by atoms with Crippen LogP contribution in [-0.4, -0.2) is 45.3 Å². The Kier molecular flexibility index (Phi) is 5.18. The standard InChI is InChI=1S/C17H25N5OS/c1-12-16(24-13(2)20-12)4-6-18-17(23)22-7-5-14(11-22)8-15-9-19-21(3)10-15/h9-10,14H,4-8,11H2,1-3H3,(H,18,23)/t14-/m0/s1. The summed E-state index contributed by atoms with van der Waals surface area (Å²) < 4.78 is 1.83. The topological polar surface area (TPSA) is 63.1 Å². The molecule has 1 fully saturated rings. The molecule has 0 unspecified atom stereocenters. The number of hydrogen-bond acceptors (Lipinski definition) is 4. The molecule has 2 amide bonds. The summed E-state index contributed by atoms with van der Waals surface area (Å²) in [5, 5.41) is 8.35. The minimum Gasteiger partial charge on any atom is -0.338 e. The van der Waals surface area contributed by atoms with E-state index in [1.165, 1.54) is 10.4 Å². The van der Waals surface area contributed by atoms with Crippen molar-refractivity contribution in [1.29, 1.82) is 0 Å². The number of rotatable bonds is 5. The number of nitrogens with one attached hydrogen (secondary N) is 1. The first-order valence-corrected chi connectivity index (χ1v) is 9.26. The molecule has 1 saturated heterocycles. The summed E-state index contributed by atoms with van der Waals surface area (Å²) in [7, 11) is 1.93. The zero-order chi connectivity index (χ0) is 17.1. The first kappa shape index (κ1) is 17.0. The first-order chi connectivity index (χ1) is 11.5. The Hall–Kier alpha value is -1.89. The fourth-order valence-electron chi connectivity index (χ4n) is 3.29. The minimum absolute atomic E-state index is 0.0579. The molecule has 0 spiro atoms. The molecule has 1 aliphatic rings. The number of urea groups is 1. The highest BCUT2D eigenvalue weighted by Gasteiger charge is 2.26. The van der Waals surface area contributed by atoms with Crippen molar-refractivity contribution in [2.24, 2.45) is 13.0 Å². The second kappa shape index (κ2) is 7.34. The smallest absolute Gasteiger partial charge is 0.317 e. The molecule has 0 bridgehead atoms. The Morgan fingerprint density at radius 1 is 1.46 bits per heavy atom. The van der Waals surface area contributed by atoms with Crippen molar-refractivity contribution >= 4 is 17.4 Å². The molecule has 0 saturated carbocycles. The molecule has 3 rings (SSSR count). The third-order valence-electron chi connectivity index (χ3n) is 4.48. The second-order valence-electron chi connectivity index (χ2n) is 6.55. The SMILES string of the molecule is Cc1nc(C)c(CCNC(=O)N2CC[C@@H](Cc3cnn(C)c3)C2)s1. The maximum Gasteiger partial charge on any atom is 0.317 e. The maximum absolute atomic E-state index is 12.3. The number of amides is 2. The number of hydrogen-bond donors (Lipinski definition) is 1. The monoisotopic (exact) mass is 347 g/mol. The average molecular weight is 347 g/mol. The van der Waals surface area contributed by atoms with E-state index in [9.17, 15) is 4.79 Å². The van der Waals surface area contributed by atoms with Gasteiger partial charge in [0.05, 0.1) is 16.9 Å². The lowest BCUT2D eigenvalue weighted by atomic mass is 10.0. The average Bonchev–Trinajstić information content (AvgIpc) is 3.22. The van der Waals surface area contributed by atoms with Crippen LogP contribution in [0.2, 0.25) is 0 Å². The predicted molar refractivity (Wildman–Crippen MR) is 95.3 cm³/mol. The third kappa shape index (κ3) is 4.14. The van der Waals surface area contributed by atoms with Gasteiger partial charge in [0.2, 0.25) is 0 Å². The summed E-state index contributed by atoms with van der Waals surface area (Å²) in [6.45, 7) is 6.40. The van der Waals surface area contributed by atoms with E-state index in [1.807, 2.05) is 36.7 Å². The van der Waals surface area contributed by atoms with Crippen LogP contribution in [0.1, 0.15) is 27.6 Å². The Labute approximate surface area is 146 Å². The molecule has 0 radical (unpaired) electrons. The lowest BCUT2D eigenvalue weighted by Crippen LogP contribution is -2.39. The minimum atomic E-state index is 0.0579. The predicted octanol–water partition coefficient (Wildman–Crippen LogP) is 2.31. The molecule has 0 aromatic carbocycles. The molecule has 24 heavy (non-hydrogen) atoms. The van der Waals surface area contributed by atoms with E-state index in [-0.39, 0.29) is 6.03 Å². The number of carbonyl (C=O) groups is 1. The van der Waals surface area contributed by atoms with Crippen LogP contribution in [0.5, 0.6) is 0 Å². The molecule has 1 atom stereocenters. The lowest BCUT2D eigenvalue weighted by molar-refractivity contribution is 0.207. The van der Waals surface area contributed by atoms with Gasteiger partial charge in [-0.2, -0.15) is 5.10 Å². The third-order valence-corrected chi connectivity index (χ3v) is 5.62. The van der Waals surface area contributed by atoms with Crippen molar-refractivity contribution in [2.75, 3.05) is 19.6 Å². The summed E-state index contributed by atoms with van der Waals surface area (Å²) in [4.78, 5) is 19.9. The van der Waals surface area contributed by atoms with Gasteiger partial charge in [-0.05, 0) is 38.2 Å². The highest BCUT2D eigenvalue weighted by molar-refractivity contribution is 7.11. The second-order valence-corrected chi connectivity index (χ2v) is 7.84. The van der Waals surface area contributed by atoms with Crippen molar-refractivity contribution in [3.8, 4) is 0 Å². The van der Waals surface area contributed by atoms with E-state index < -0.39 is 0 Å². The van der Waals surface area contributed by atoms with Crippen molar-refractivity contribution in [2.45, 2.75) is 33.1 Å². The van der Waals surface area contributed by atoms with Crippen LogP contribution in [0.3, 0.4) is 0 Å². The molecule has 1 aliphatic heterocycles. The van der Waals surface area contributed by atoms with Crippen LogP contribution in [0.25, 0.3) is 0 Å². The maximum atomic E-state index is 12.3. The van der Waals surface area contributed by atoms with Crippen molar-refractivity contribution in [3.63, 3.8) is 0 Å². The highest BCUT2D eigenvalue weighted by atomic mass is 32.1. The molecule has 2 aromatic rings. The van der Waals surface area contributed by atoms with E-state index in [0.717, 1.165) is 43.1 Å². The van der Waals surface area contributed by atoms with Crippen molar-refractivity contribution in [1.82, 2.24) is 25.0 Å². The fraction of sp³-hybridized carbons (Fsp3) is 0.588. The molecule has 7 heteroatoms. The Balaban J connectivity index is 1.42. The molecular formula is C17H25N5OS. The Morgan fingerprint density at radius 2 is 2.29 bits per heavy atom. The van der Waals surface area contributed by atoms with Gasteiger partial charge in [0, 0.05) is 44.2 Å². The summed E-state index contributed by atoms with van der Waals surface area (Å²) in [5.74, 6) is 0.534. The Morgan fingerprint density at radius 3 is 2.96 bits per heavy atom. The van der Waals surface area contributed by atoms with E-state index in [2.05, 4.69) is 21.6 Å². The number of aryl methyl sites for hydroxylation is 3. The molecule has 3 heterocycles. The van der Waals surface area contributed by atoms with E-state index in [0.29, 0.717) is 12.5 Å². The van der Waals surface area contributed by atoms with Gasteiger partial charge < -0.3 is 10.2 Å². The number of likely N-dealkylation sites (tertiary alicyclic amines) is 1. The number of nitrogens with zero attached hydrogens (tertiary/aromatic N) is 4. The molecule has 6 nitrogen and oxygen atoms in total. The van der Waals surface area contributed by atoms with Crippen molar-refractivity contribution in [3.05, 3.63) is 33.5 Å². The zero-order valence-electron chi connectivity index (χ0n) is 14.6. The van der Waals surface area contributed by atoms with Gasteiger partial charge in [0.15, 0.2) is 0 Å². The van der Waals surface area contributed by atoms with Crippen LogP contribution in [0, 0.1) is 19.8 Å². The number of carbonyl (C=O) groups excluding carboxylic acids is 1. The van der Waals surface area contributed by atoms with Crippen LogP contribution in [0.15, 0.2) is 12.4 Å². The van der Waals surface area contributed by atoms with Gasteiger partial charge in [0.25, 0.3) is 0 Å². The van der Waals surface area contributed by atoms with E-state index in [4.69, 9.17) is 0 Å². The number of thiazole rings is 1. The largest absolute Gasteiger partial charge is 0.338 e. The van der Waals surface area contributed by atoms with Gasteiger partial charge in [-0.15, -0.1) is 11.3 Å². The Bertz CT molecular complexity index is 708. The van der Waals surface area contributed by atoms with Crippen LogP contribution in [-0.2, 0) is 19.9 Å². The summed E-state index contributed by atoms with van der Waals surface area (Å²) in [5.41, 5.74) is 2.34. The fourth-order valence-corrected chi connectivity index (χ4v) is 4.23. The van der Waals surface area contributed by atoms with E-state index >= 15 is 0 Å². The molecule has 0 aliphatic carbocycles. The van der Waals surface area contributed by atoms with Crippen LogP contribution < -0.4 is 5.32 Å². The van der Waals surface area contributed by atoms with Gasteiger partial charge >= 0.3 is 6.03 Å². The quantitative estimate of drug-likeness (QED) is 0.903. The molecule has 2 aromatic heterocycles. The summed E-state index contributed by atoms with van der Waals surface area (Å²) in [6, 6.07) is 0.0579. The van der Waals surface area contributed by atoms with E-state index in [1.54, 1.807) is 11.3 Å². The van der Waals surface area contributed by atoms with Gasteiger partial charge in [-0.3, -0.25) is 4.68 Å². The van der Waals surface area contributed by atoms with Gasteiger partial charge in [-0.25, -0.2) is 9.78 Å². The summed E-state index contributed by atoms with van der Waals surface area (Å²) in [6.07, 6.45) is 6.90. The van der Waals surface area contributed by atoms with Gasteiger partial charge in [-0.1, -0.05) is 0 Å². The van der Waals surface area contributed by atoms with Crippen LogP contribution in [0.4, 0.5) is 4.79 Å². The van der Waals surface area contributed by atoms with Gasteiger partial charge in [0.1, 0.15) is 0 Å². The number of aromatic nitrogens is 3. The molecule has 1 N–H and O–H groups in total. The lowest BCUT2D eigenvalue weighted by Gasteiger charge is -2.17. The first-order valence-electron chi connectivity index (χ1n) is 8.44. The van der Waals surface area contributed by atoms with Crippen molar-refractivity contribution < 1.29 is 4.79 Å². The zero-order valence-corrected chi connectivity index (χ0v) is 15.4. The van der Waals surface area contributed by atoms with Crippen LogP contribution >= 0.6 is 11.3 Å². The molecule has 130 valence electrons. The highest BCUT2D eigenvalue weighted by Crippen LogP contribution is 2.21. The molecular weight excluding hydrogens is 322 g/mol. The summed E-state index contributed by atoms with van der Waals surface area (Å²) >= 11 is 1.72. The normalized spacial score (nSPS) is 17.5.